The van der Waals surface area contributed by atoms with Crippen LogP contribution in [0.15, 0.2) is 62.9 Å². The van der Waals surface area contributed by atoms with Gasteiger partial charge in [0.25, 0.3) is 15.6 Å². The van der Waals surface area contributed by atoms with Crippen LogP contribution in [0.2, 0.25) is 0 Å². The fourth-order valence-corrected chi connectivity index (χ4v) is 5.77. The quantitative estimate of drug-likeness (QED) is 0.350. The highest BCUT2D eigenvalue weighted by Gasteiger charge is 2.34. The van der Waals surface area contributed by atoms with Crippen molar-refractivity contribution in [2.45, 2.75) is 4.90 Å². The maximum Gasteiger partial charge on any atom is 0.360 e. The van der Waals surface area contributed by atoms with Crippen molar-refractivity contribution in [1.82, 2.24) is 9.97 Å². The Bertz CT molecular complexity index is 1600. The molecule has 174 valence electrons. The molecule has 34 heavy (non-hydrogen) atoms. The van der Waals surface area contributed by atoms with Crippen LogP contribution in [0.4, 0.5) is 10.5 Å². The maximum absolute atomic E-state index is 13.6. The van der Waals surface area contributed by atoms with E-state index in [0.29, 0.717) is 15.1 Å². The van der Waals surface area contributed by atoms with Crippen molar-refractivity contribution in [1.29, 1.82) is 0 Å². The van der Waals surface area contributed by atoms with E-state index >= 15 is 0 Å². The number of primary amides is 1. The van der Waals surface area contributed by atoms with Crippen LogP contribution < -0.4 is 15.6 Å². The Labute approximate surface area is 196 Å². The van der Waals surface area contributed by atoms with Gasteiger partial charge in [-0.05, 0) is 11.5 Å². The van der Waals surface area contributed by atoms with Gasteiger partial charge in [-0.3, -0.25) is 4.79 Å². The summed E-state index contributed by atoms with van der Waals surface area (Å²) < 4.78 is 32.2. The minimum atomic E-state index is -4.53. The van der Waals surface area contributed by atoms with Crippen LogP contribution in [-0.2, 0) is 14.8 Å². The Hall–Kier alpha value is -4.23. The van der Waals surface area contributed by atoms with Crippen LogP contribution in [0.1, 0.15) is 10.5 Å². The minimum absolute atomic E-state index is 0.0186. The summed E-state index contributed by atoms with van der Waals surface area (Å²) >= 11 is 0.997. The molecule has 0 fully saturated rings. The third kappa shape index (κ3) is 3.76. The third-order valence-electron chi connectivity index (χ3n) is 4.86. The molecular formula is C21H16N4O7S2. The number of fused-ring (bicyclic) bond motifs is 1. The molecule has 0 saturated heterocycles. The van der Waals surface area contributed by atoms with Gasteiger partial charge in [0.15, 0.2) is 5.69 Å². The summed E-state index contributed by atoms with van der Waals surface area (Å²) in [5.74, 6) is -2.34. The molecule has 0 atom stereocenters. The van der Waals surface area contributed by atoms with Crippen molar-refractivity contribution in [3.05, 3.63) is 69.3 Å². The fraction of sp³-hybridized carbons (Fsp3) is 0.0476. The van der Waals surface area contributed by atoms with Crippen molar-refractivity contribution >= 4 is 49.8 Å². The molecule has 4 aromatic rings. The summed E-state index contributed by atoms with van der Waals surface area (Å²) in [6, 6.07) is 10.0. The first kappa shape index (κ1) is 22.9. The summed E-state index contributed by atoms with van der Waals surface area (Å²) in [6.45, 7) is 0. The lowest BCUT2D eigenvalue weighted by Gasteiger charge is -2.21. The second-order valence-corrected chi connectivity index (χ2v) is 9.36. The summed E-state index contributed by atoms with van der Waals surface area (Å²) in [5.41, 5.74) is 3.54. The van der Waals surface area contributed by atoms with Crippen LogP contribution >= 0.6 is 11.3 Å². The number of aromatic hydroxyl groups is 1. The van der Waals surface area contributed by atoms with Gasteiger partial charge in [0.1, 0.15) is 5.82 Å². The molecule has 2 amide bonds. The highest BCUT2D eigenvalue weighted by atomic mass is 32.2. The van der Waals surface area contributed by atoms with Gasteiger partial charge >= 0.3 is 12.0 Å². The fourth-order valence-electron chi connectivity index (χ4n) is 3.34. The molecule has 0 spiro atoms. The Morgan fingerprint density at radius 2 is 1.85 bits per heavy atom. The molecule has 0 aliphatic carbocycles. The molecule has 0 bridgehead atoms. The molecule has 0 aliphatic rings. The predicted molar refractivity (Wildman–Crippen MR) is 124 cm³/mol. The molecule has 11 nitrogen and oxygen atoms in total. The monoisotopic (exact) mass is 500 g/mol. The average Bonchev–Trinajstić information content (AvgIpc) is 3.28. The normalized spacial score (nSPS) is 11.3. The standard InChI is InChI=1S/C21H16N4O7S2/c1-32-20(28)16-17(26)19(27)24-18(23-16)13-9-33-10-14(13)25(21(22)29)34(30,31)15-8-4-6-11-5-2-3-7-12(11)15/h2-10,26H,1H3,(H2,22,29)(H,23,24,27). The number of sulfonamides is 1. The second-order valence-electron chi connectivity index (χ2n) is 6.86. The van der Waals surface area contributed by atoms with Crippen LogP contribution in [0.5, 0.6) is 5.75 Å². The Kier molecular flexibility index (Phi) is 5.81. The van der Waals surface area contributed by atoms with Gasteiger partial charge in [-0.15, -0.1) is 11.3 Å². The van der Waals surface area contributed by atoms with E-state index < -0.39 is 39.0 Å². The highest BCUT2D eigenvalue weighted by molar-refractivity contribution is 7.93. The Morgan fingerprint density at radius 1 is 1.15 bits per heavy atom. The SMILES string of the molecule is COC(=O)c1nc(-c2cscc2N(C(N)=O)S(=O)(=O)c2cccc3ccccc23)[nH]c(=O)c1O. The first-order valence-corrected chi connectivity index (χ1v) is 11.9. The van der Waals surface area contributed by atoms with Gasteiger partial charge in [0.2, 0.25) is 5.75 Å². The van der Waals surface area contributed by atoms with E-state index in [1.165, 1.54) is 22.9 Å². The number of nitrogens with zero attached hydrogens (tertiary/aromatic N) is 2. The van der Waals surface area contributed by atoms with Crippen molar-refractivity contribution in [2.24, 2.45) is 5.73 Å². The summed E-state index contributed by atoms with van der Waals surface area (Å²) in [4.78, 5) is 42.6. The largest absolute Gasteiger partial charge is 0.501 e. The van der Waals surface area contributed by atoms with E-state index in [1.54, 1.807) is 30.3 Å². The number of carbonyl (C=O) groups is 2. The topological polar surface area (TPSA) is 173 Å². The molecule has 4 rings (SSSR count). The maximum atomic E-state index is 13.6. The van der Waals surface area contributed by atoms with E-state index in [9.17, 15) is 27.9 Å². The van der Waals surface area contributed by atoms with Crippen LogP contribution in [0, 0.1) is 0 Å². The molecule has 0 radical (unpaired) electrons. The number of H-pyrrole nitrogens is 1. The number of aromatic nitrogens is 2. The number of carbonyl (C=O) groups excluding carboxylic acids is 2. The molecule has 2 aromatic heterocycles. The number of urea groups is 1. The molecule has 0 aliphatic heterocycles. The number of esters is 1. The van der Waals surface area contributed by atoms with Gasteiger partial charge in [-0.2, -0.15) is 4.31 Å². The van der Waals surface area contributed by atoms with Crippen molar-refractivity contribution in [3.63, 3.8) is 0 Å². The number of methoxy groups -OCH3 is 1. The molecule has 2 heterocycles. The Balaban J connectivity index is 1.93. The number of thiophene rings is 1. The summed E-state index contributed by atoms with van der Waals surface area (Å²) in [7, 11) is -3.49. The van der Waals surface area contributed by atoms with E-state index in [0.717, 1.165) is 18.4 Å². The van der Waals surface area contributed by atoms with Crippen LogP contribution in [0.25, 0.3) is 22.2 Å². The first-order chi connectivity index (χ1) is 16.2. The lowest BCUT2D eigenvalue weighted by molar-refractivity contribution is 0.0590. The van der Waals surface area contributed by atoms with Gasteiger partial charge in [-0.1, -0.05) is 36.4 Å². The number of aromatic amines is 1. The van der Waals surface area contributed by atoms with Crippen molar-refractivity contribution < 1.29 is 27.9 Å². The molecule has 2 aromatic carbocycles. The smallest absolute Gasteiger partial charge is 0.360 e. The van der Waals surface area contributed by atoms with Gasteiger partial charge < -0.3 is 20.6 Å². The van der Waals surface area contributed by atoms with Gasteiger partial charge in [0.05, 0.1) is 23.3 Å². The lowest BCUT2D eigenvalue weighted by Crippen LogP contribution is -2.41. The van der Waals surface area contributed by atoms with Gasteiger partial charge in [-0.25, -0.2) is 23.0 Å². The molecular weight excluding hydrogens is 484 g/mol. The van der Waals surface area contributed by atoms with Crippen LogP contribution in [0.3, 0.4) is 0 Å². The molecule has 0 saturated carbocycles. The van der Waals surface area contributed by atoms with E-state index in [4.69, 9.17) is 5.73 Å². The Morgan fingerprint density at radius 3 is 2.56 bits per heavy atom. The zero-order chi connectivity index (χ0) is 24.6. The summed E-state index contributed by atoms with van der Waals surface area (Å²) in [6.07, 6.45) is 0. The molecule has 4 N–H and O–H groups in total. The van der Waals surface area contributed by atoms with E-state index in [1.807, 2.05) is 0 Å². The zero-order valence-corrected chi connectivity index (χ0v) is 19.0. The van der Waals surface area contributed by atoms with E-state index in [-0.39, 0.29) is 22.0 Å². The average molecular weight is 501 g/mol. The van der Waals surface area contributed by atoms with Gasteiger partial charge in [0, 0.05) is 16.1 Å². The zero-order valence-electron chi connectivity index (χ0n) is 17.4. The third-order valence-corrected chi connectivity index (χ3v) is 7.36. The lowest BCUT2D eigenvalue weighted by atomic mass is 10.1. The minimum Gasteiger partial charge on any atom is -0.501 e. The van der Waals surface area contributed by atoms with Crippen LogP contribution in [-0.4, -0.2) is 42.6 Å². The number of benzene rings is 2. The second kappa shape index (κ2) is 8.61. The first-order valence-electron chi connectivity index (χ1n) is 9.47. The highest BCUT2D eigenvalue weighted by Crippen LogP contribution is 2.37. The number of hydrogen-bond acceptors (Lipinski definition) is 9. The van der Waals surface area contributed by atoms with Crippen molar-refractivity contribution in [3.8, 4) is 17.1 Å². The molecule has 0 unspecified atom stereocenters. The number of nitrogens with two attached hydrogens (primary N) is 1. The number of anilines is 1. The number of ether oxygens (including phenoxy) is 1. The number of amides is 2. The number of rotatable bonds is 5. The summed E-state index contributed by atoms with van der Waals surface area (Å²) in [5, 5.41) is 13.6. The van der Waals surface area contributed by atoms with Crippen molar-refractivity contribution in [2.75, 3.05) is 11.4 Å². The van der Waals surface area contributed by atoms with E-state index in [2.05, 4.69) is 14.7 Å². The molecule has 13 heteroatoms. The number of nitrogens with one attached hydrogen (secondary N) is 1. The number of hydrogen-bond donors (Lipinski definition) is 3. The predicted octanol–water partition coefficient (Wildman–Crippen LogP) is 2.42.